The van der Waals surface area contributed by atoms with Crippen LogP contribution in [0.15, 0.2) is 400 Å². The molecule has 16 rings (SSSR count). The van der Waals surface area contributed by atoms with Gasteiger partial charge in [0.2, 0.25) is 0 Å². The minimum Gasteiger partial charge on any atom is -0.310 e. The van der Waals surface area contributed by atoms with Gasteiger partial charge in [-0.2, -0.15) is 0 Å². The molecule has 0 spiro atoms. The van der Waals surface area contributed by atoms with E-state index >= 15 is 0 Å². The quantitative estimate of drug-likeness (QED) is 0.0790. The van der Waals surface area contributed by atoms with Crippen molar-refractivity contribution in [2.75, 3.05) is 9.80 Å². The lowest BCUT2D eigenvalue weighted by Crippen LogP contribution is -2.10. The molecular formula is C104H82N2. The largest absolute Gasteiger partial charge is 0.310 e. The molecule has 0 aliphatic carbocycles. The standard InChI is InChI=1S/C53H43N.C51H39N/c1-38-18-26-44(27-19-38)52(45-28-20-39(2)21-29-45)37-46-30-35-53(50-17-11-10-16-49(46)50)54(47-31-22-40(3)23-32-47)48-33-24-41(25-34-48)36-51(42-12-6-4-7-13-42)43-14-8-5-9-15-43;1-38-26-31-45(32-27-38)52(46-33-28-39(29-34-46)36-49(40-16-6-2-7-17-40)41-18-8-3-9-19-41)51-35-30-44(47-24-14-15-25-48(47)51)37-50(42-20-10-4-11-21-42)43-22-12-5-13-23-43/h4-37H,1-3H3;2-37H,1H3. The zero-order valence-electron chi connectivity index (χ0n) is 60.3. The Morgan fingerprint density at radius 3 is 0.651 bits per heavy atom. The van der Waals surface area contributed by atoms with Crippen molar-refractivity contribution in [3.05, 3.63) is 489 Å². The van der Waals surface area contributed by atoms with Gasteiger partial charge in [-0.3, -0.25) is 0 Å². The third-order valence-corrected chi connectivity index (χ3v) is 19.7. The van der Waals surface area contributed by atoms with Crippen LogP contribution in [0.1, 0.15) is 89.0 Å². The molecule has 2 heteroatoms. The zero-order chi connectivity index (χ0) is 72.0. The lowest BCUT2D eigenvalue weighted by Gasteiger charge is -2.27. The van der Waals surface area contributed by atoms with Crippen LogP contribution in [0.2, 0.25) is 0 Å². The highest BCUT2D eigenvalue weighted by Gasteiger charge is 2.21. The van der Waals surface area contributed by atoms with E-state index in [1.807, 2.05) is 0 Å². The highest BCUT2D eigenvalue weighted by molar-refractivity contribution is 6.08. The highest BCUT2D eigenvalue weighted by Crippen LogP contribution is 2.44. The highest BCUT2D eigenvalue weighted by atomic mass is 15.1. The summed E-state index contributed by atoms with van der Waals surface area (Å²) in [5.74, 6) is 0. The van der Waals surface area contributed by atoms with Crippen molar-refractivity contribution in [1.29, 1.82) is 0 Å². The first-order valence-corrected chi connectivity index (χ1v) is 36.5. The lowest BCUT2D eigenvalue weighted by atomic mass is 9.92. The third kappa shape index (κ3) is 15.8. The molecule has 0 radical (unpaired) electrons. The summed E-state index contributed by atoms with van der Waals surface area (Å²) in [6.45, 7) is 8.56. The molecule has 0 heterocycles. The summed E-state index contributed by atoms with van der Waals surface area (Å²) in [5.41, 5.74) is 30.7. The maximum Gasteiger partial charge on any atom is 0.0540 e. The van der Waals surface area contributed by atoms with Gasteiger partial charge in [0.05, 0.1) is 11.4 Å². The molecule has 0 unspecified atom stereocenters. The summed E-state index contributed by atoms with van der Waals surface area (Å²) >= 11 is 0. The molecule has 0 saturated heterocycles. The van der Waals surface area contributed by atoms with Crippen LogP contribution in [0.25, 0.3) is 68.1 Å². The van der Waals surface area contributed by atoms with Gasteiger partial charge in [-0.05, 0) is 212 Å². The van der Waals surface area contributed by atoms with Crippen LogP contribution in [0.4, 0.5) is 34.1 Å². The molecule has 0 aliphatic heterocycles. The average Bonchev–Trinajstić information content (AvgIpc) is 0.768. The summed E-state index contributed by atoms with van der Waals surface area (Å²) < 4.78 is 0. The van der Waals surface area contributed by atoms with Crippen LogP contribution in [0.5, 0.6) is 0 Å². The molecule has 2 nitrogen and oxygen atoms in total. The Kier molecular flexibility index (Phi) is 20.8. The van der Waals surface area contributed by atoms with Gasteiger partial charge in [-0.1, -0.05) is 362 Å². The minimum absolute atomic E-state index is 1.10. The Labute approximate surface area is 625 Å². The SMILES string of the molecule is Cc1ccc(C(=Cc2ccc(N(c3ccc(C)cc3)c3ccc(C=C(c4ccccc4)c4ccccc4)cc3)c3ccccc23)c2ccc(C)cc2)cc1.Cc1ccc(N(c2ccc(C=C(c3ccccc3)c3ccccc3)cc2)c2ccc(C=C(c3ccccc3)c3ccccc3)c3ccccc23)cc1. The monoisotopic (exact) mass is 1360 g/mol. The van der Waals surface area contributed by atoms with Crippen LogP contribution in [0, 0.1) is 27.7 Å². The Morgan fingerprint density at radius 2 is 0.387 bits per heavy atom. The van der Waals surface area contributed by atoms with Gasteiger partial charge >= 0.3 is 0 Å². The second-order valence-corrected chi connectivity index (χ2v) is 27.1. The van der Waals surface area contributed by atoms with E-state index in [4.69, 9.17) is 0 Å². The minimum atomic E-state index is 1.10. The van der Waals surface area contributed by atoms with Crippen LogP contribution < -0.4 is 9.80 Å². The summed E-state index contributed by atoms with van der Waals surface area (Å²) in [6, 6.07) is 144. The molecule has 508 valence electrons. The van der Waals surface area contributed by atoms with E-state index in [1.54, 1.807) is 0 Å². The number of anilines is 6. The van der Waals surface area contributed by atoms with E-state index in [-0.39, 0.29) is 0 Å². The van der Waals surface area contributed by atoms with Crippen LogP contribution in [0.3, 0.4) is 0 Å². The Bertz CT molecular complexity index is 5580. The molecule has 106 heavy (non-hydrogen) atoms. The number of hydrogen-bond acceptors (Lipinski definition) is 2. The number of fused-ring (bicyclic) bond motifs is 2. The lowest BCUT2D eigenvalue weighted by molar-refractivity contribution is 1.29. The van der Waals surface area contributed by atoms with Gasteiger partial charge in [-0.25, -0.2) is 0 Å². The van der Waals surface area contributed by atoms with Crippen LogP contribution in [-0.4, -0.2) is 0 Å². The first kappa shape index (κ1) is 68.4. The second kappa shape index (κ2) is 32.3. The van der Waals surface area contributed by atoms with Crippen molar-refractivity contribution in [2.24, 2.45) is 0 Å². The molecule has 16 aromatic carbocycles. The van der Waals surface area contributed by atoms with Crippen molar-refractivity contribution in [1.82, 2.24) is 0 Å². The van der Waals surface area contributed by atoms with Crippen molar-refractivity contribution >= 4 is 102 Å². The van der Waals surface area contributed by atoms with Crippen LogP contribution >= 0.6 is 0 Å². The molecular weight excluding hydrogens is 1280 g/mol. The smallest absolute Gasteiger partial charge is 0.0540 e. The predicted octanol–water partition coefficient (Wildman–Crippen LogP) is 28.2. The fourth-order valence-electron chi connectivity index (χ4n) is 14.1. The van der Waals surface area contributed by atoms with Gasteiger partial charge in [0, 0.05) is 33.5 Å². The number of benzene rings is 16. The van der Waals surface area contributed by atoms with Crippen molar-refractivity contribution in [2.45, 2.75) is 27.7 Å². The maximum absolute atomic E-state index is 2.39. The Morgan fingerprint density at radius 1 is 0.179 bits per heavy atom. The van der Waals surface area contributed by atoms with Gasteiger partial charge < -0.3 is 9.80 Å². The van der Waals surface area contributed by atoms with Gasteiger partial charge in [0.25, 0.3) is 0 Å². The topological polar surface area (TPSA) is 6.48 Å². The maximum atomic E-state index is 2.39. The van der Waals surface area contributed by atoms with E-state index in [9.17, 15) is 0 Å². The molecule has 16 aromatic rings. The van der Waals surface area contributed by atoms with Crippen molar-refractivity contribution in [3.63, 3.8) is 0 Å². The van der Waals surface area contributed by atoms with E-state index in [0.29, 0.717) is 0 Å². The first-order chi connectivity index (χ1) is 52.2. The average molecular weight is 1360 g/mol. The predicted molar refractivity (Wildman–Crippen MR) is 456 cm³/mol. The van der Waals surface area contributed by atoms with Crippen molar-refractivity contribution < 1.29 is 0 Å². The Balaban J connectivity index is 0.000000170. The summed E-state index contributed by atoms with van der Waals surface area (Å²) in [4.78, 5) is 4.77. The molecule has 0 N–H and O–H groups in total. The number of aryl methyl sites for hydroxylation is 4. The second-order valence-electron chi connectivity index (χ2n) is 27.1. The fraction of sp³-hybridized carbons (Fsp3) is 0.0385. The van der Waals surface area contributed by atoms with E-state index in [2.05, 4.69) is 462 Å². The summed E-state index contributed by atoms with van der Waals surface area (Å²) in [6.07, 6.45) is 9.28. The molecule has 0 bridgehead atoms. The molecule has 0 aliphatic rings. The third-order valence-electron chi connectivity index (χ3n) is 19.7. The van der Waals surface area contributed by atoms with Crippen molar-refractivity contribution in [3.8, 4) is 0 Å². The van der Waals surface area contributed by atoms with E-state index in [1.165, 1.54) is 122 Å². The van der Waals surface area contributed by atoms with E-state index in [0.717, 1.165) is 45.3 Å². The summed E-state index contributed by atoms with van der Waals surface area (Å²) in [5, 5.41) is 4.80. The van der Waals surface area contributed by atoms with Crippen LogP contribution in [-0.2, 0) is 0 Å². The molecule has 0 saturated carbocycles. The van der Waals surface area contributed by atoms with E-state index < -0.39 is 0 Å². The van der Waals surface area contributed by atoms with Gasteiger partial charge in [0.1, 0.15) is 0 Å². The first-order valence-electron chi connectivity index (χ1n) is 36.5. The molecule has 0 fully saturated rings. The number of hydrogen-bond donors (Lipinski definition) is 0. The van der Waals surface area contributed by atoms with Gasteiger partial charge in [-0.15, -0.1) is 0 Å². The fourth-order valence-corrected chi connectivity index (χ4v) is 14.1. The number of rotatable bonds is 18. The zero-order valence-corrected chi connectivity index (χ0v) is 60.3. The Hall–Kier alpha value is -13.4. The molecule has 0 aromatic heterocycles. The molecule has 0 amide bonds. The normalized spacial score (nSPS) is 10.8. The van der Waals surface area contributed by atoms with Gasteiger partial charge in [0.15, 0.2) is 0 Å². The molecule has 0 atom stereocenters. The summed E-state index contributed by atoms with van der Waals surface area (Å²) in [7, 11) is 0. The number of nitrogens with zero attached hydrogens (tertiary/aromatic N) is 2.